The van der Waals surface area contributed by atoms with Crippen LogP contribution in [0.2, 0.25) is 0 Å². The van der Waals surface area contributed by atoms with E-state index in [9.17, 15) is 18.0 Å². The van der Waals surface area contributed by atoms with Crippen LogP contribution in [-0.2, 0) is 12.6 Å². The van der Waals surface area contributed by atoms with E-state index in [1.807, 2.05) is 17.7 Å². The second-order valence-electron chi connectivity index (χ2n) is 9.69. The number of benzene rings is 1. The Morgan fingerprint density at radius 2 is 1.90 bits per heavy atom. The monoisotopic (exact) mass is 533 g/mol. The number of carbonyl (C=O) groups is 1. The number of pyridine rings is 1. The normalized spacial score (nSPS) is 14.8. The Labute approximate surface area is 223 Å². The molecule has 0 spiro atoms. The number of aromatic nitrogens is 5. The number of hydrogen-bond acceptors (Lipinski definition) is 7. The number of anilines is 1. The number of hydrogen-bond donors (Lipinski definition) is 1. The fourth-order valence-corrected chi connectivity index (χ4v) is 4.64. The zero-order valence-electron chi connectivity index (χ0n) is 21.5. The summed E-state index contributed by atoms with van der Waals surface area (Å²) in [5.74, 6) is 6.03. The van der Waals surface area contributed by atoms with Crippen molar-refractivity contribution in [2.45, 2.75) is 38.4 Å². The molecular formula is C28H26F3N7O. The van der Waals surface area contributed by atoms with Gasteiger partial charge in [-0.15, -0.1) is 0 Å². The minimum Gasteiger partial charge on any atom is -0.383 e. The van der Waals surface area contributed by atoms with Crippen molar-refractivity contribution in [3.63, 3.8) is 0 Å². The van der Waals surface area contributed by atoms with Crippen LogP contribution in [0.15, 0.2) is 42.7 Å². The molecule has 0 aliphatic carbocycles. The van der Waals surface area contributed by atoms with Gasteiger partial charge < -0.3 is 10.6 Å². The maximum Gasteiger partial charge on any atom is 0.433 e. The molecule has 0 saturated carbocycles. The van der Waals surface area contributed by atoms with E-state index in [0.717, 1.165) is 37.6 Å². The van der Waals surface area contributed by atoms with Crippen molar-refractivity contribution in [3.8, 4) is 11.8 Å². The van der Waals surface area contributed by atoms with Gasteiger partial charge >= 0.3 is 6.18 Å². The van der Waals surface area contributed by atoms with Gasteiger partial charge in [0.1, 0.15) is 29.2 Å². The number of nitrogens with two attached hydrogens (primary N) is 1. The quantitative estimate of drug-likeness (QED) is 0.310. The maximum absolute atomic E-state index is 13.0. The van der Waals surface area contributed by atoms with E-state index >= 15 is 0 Å². The summed E-state index contributed by atoms with van der Waals surface area (Å²) in [6.07, 6.45) is -1.45. The van der Waals surface area contributed by atoms with Crippen molar-refractivity contribution >= 4 is 22.6 Å². The lowest BCUT2D eigenvalue weighted by Gasteiger charge is -2.29. The van der Waals surface area contributed by atoms with E-state index in [4.69, 9.17) is 10.8 Å². The molecule has 0 unspecified atom stereocenters. The molecule has 2 N–H and O–H groups in total. The van der Waals surface area contributed by atoms with Crippen LogP contribution >= 0.6 is 0 Å². The van der Waals surface area contributed by atoms with Crippen LogP contribution in [0.5, 0.6) is 0 Å². The van der Waals surface area contributed by atoms with Gasteiger partial charge in [-0.1, -0.05) is 24.1 Å². The Bertz CT molecular complexity index is 1610. The summed E-state index contributed by atoms with van der Waals surface area (Å²) in [4.78, 5) is 27.1. The number of fused-ring (bicyclic) bond motifs is 1. The number of carbonyl (C=O) groups excluding carboxylic acids is 1. The minimum atomic E-state index is -4.62. The molecule has 0 amide bonds. The van der Waals surface area contributed by atoms with Gasteiger partial charge in [0.2, 0.25) is 0 Å². The molecule has 1 aromatic carbocycles. The summed E-state index contributed by atoms with van der Waals surface area (Å²) < 4.78 is 40.9. The van der Waals surface area contributed by atoms with Gasteiger partial charge in [-0.2, -0.15) is 18.3 Å². The molecule has 11 heteroatoms. The number of halogens is 3. The summed E-state index contributed by atoms with van der Waals surface area (Å²) in [6, 6.07) is 8.80. The molecule has 1 saturated heterocycles. The van der Waals surface area contributed by atoms with Crippen LogP contribution in [0.3, 0.4) is 0 Å². The largest absolute Gasteiger partial charge is 0.433 e. The molecule has 200 valence electrons. The van der Waals surface area contributed by atoms with Gasteiger partial charge in [0.25, 0.3) is 0 Å². The lowest BCUT2D eigenvalue weighted by Crippen LogP contribution is -2.32. The maximum atomic E-state index is 13.0. The first kappa shape index (κ1) is 26.3. The highest BCUT2D eigenvalue weighted by molar-refractivity contribution is 5.96. The SMILES string of the molecule is Cc1ccc(CC(=O)c2cccc(C(F)(F)F)n2)cc1C#Cc1nn(C2CCN(C)CC2)c2ncnc(N)c12. The van der Waals surface area contributed by atoms with E-state index < -0.39 is 17.7 Å². The fraction of sp³-hybridized carbons (Fsp3) is 0.321. The van der Waals surface area contributed by atoms with Crippen LogP contribution in [0, 0.1) is 18.8 Å². The van der Waals surface area contributed by atoms with Crippen molar-refractivity contribution in [3.05, 3.63) is 76.5 Å². The fourth-order valence-electron chi connectivity index (χ4n) is 4.64. The minimum absolute atomic E-state index is 0.113. The average molecular weight is 534 g/mol. The molecule has 5 rings (SSSR count). The highest BCUT2D eigenvalue weighted by Gasteiger charge is 2.33. The van der Waals surface area contributed by atoms with E-state index in [2.05, 4.69) is 38.7 Å². The molecule has 39 heavy (non-hydrogen) atoms. The number of rotatable bonds is 4. The van der Waals surface area contributed by atoms with Crippen LogP contribution in [-0.4, -0.2) is 55.6 Å². The lowest BCUT2D eigenvalue weighted by atomic mass is 10.0. The second-order valence-corrected chi connectivity index (χ2v) is 9.69. The first-order valence-corrected chi connectivity index (χ1v) is 12.5. The molecule has 0 atom stereocenters. The molecule has 1 aliphatic heterocycles. The summed E-state index contributed by atoms with van der Waals surface area (Å²) in [6.45, 7) is 3.79. The highest BCUT2D eigenvalue weighted by Crippen LogP contribution is 2.29. The third kappa shape index (κ3) is 5.61. The molecule has 4 aromatic rings. The molecule has 8 nitrogen and oxygen atoms in total. The van der Waals surface area contributed by atoms with E-state index in [-0.39, 0.29) is 18.2 Å². The predicted molar refractivity (Wildman–Crippen MR) is 140 cm³/mol. The first-order valence-electron chi connectivity index (χ1n) is 12.5. The molecule has 1 fully saturated rings. The second kappa shape index (κ2) is 10.5. The highest BCUT2D eigenvalue weighted by atomic mass is 19.4. The number of piperidine rings is 1. The van der Waals surface area contributed by atoms with Crippen molar-refractivity contribution in [2.75, 3.05) is 25.9 Å². The van der Waals surface area contributed by atoms with Crippen LogP contribution in [0.4, 0.5) is 19.0 Å². The number of likely N-dealkylation sites (tertiary alicyclic amines) is 1. The van der Waals surface area contributed by atoms with Gasteiger partial charge in [0, 0.05) is 12.0 Å². The van der Waals surface area contributed by atoms with Gasteiger partial charge in [-0.05, 0) is 75.1 Å². The molecule has 0 radical (unpaired) electrons. The van der Waals surface area contributed by atoms with Crippen molar-refractivity contribution in [2.24, 2.45) is 0 Å². The molecular weight excluding hydrogens is 507 g/mol. The Hall–Kier alpha value is -4.30. The summed E-state index contributed by atoms with van der Waals surface area (Å²) in [5.41, 5.74) is 8.12. The van der Waals surface area contributed by atoms with Crippen LogP contribution in [0.25, 0.3) is 11.0 Å². The lowest BCUT2D eigenvalue weighted by molar-refractivity contribution is -0.141. The number of nitrogen functional groups attached to an aromatic ring is 1. The third-order valence-electron chi connectivity index (χ3n) is 6.86. The summed E-state index contributed by atoms with van der Waals surface area (Å²) in [7, 11) is 2.09. The van der Waals surface area contributed by atoms with Crippen molar-refractivity contribution in [1.82, 2.24) is 29.6 Å². The average Bonchev–Trinajstić information content (AvgIpc) is 3.29. The smallest absolute Gasteiger partial charge is 0.383 e. The first-order chi connectivity index (χ1) is 18.6. The van der Waals surface area contributed by atoms with Crippen LogP contribution in [0.1, 0.15) is 57.5 Å². The summed E-state index contributed by atoms with van der Waals surface area (Å²) in [5, 5.41) is 5.37. The van der Waals surface area contributed by atoms with Gasteiger partial charge in [-0.3, -0.25) is 4.79 Å². The number of aryl methyl sites for hydroxylation is 1. The standard InChI is InChI=1S/C28H26F3N7O/c1-17-6-7-18(15-23(39)21-4-3-5-24(35-21)28(29,30)31)14-19(17)8-9-22-25-26(32)33-16-34-27(25)38(36-22)20-10-12-37(2)13-11-20/h3-7,14,16,20H,10-13,15H2,1-2H3,(H2,32,33,34). The Kier molecular flexibility index (Phi) is 7.06. The number of nitrogens with zero attached hydrogens (tertiary/aromatic N) is 6. The number of Topliss-reactive ketones (excluding diaryl/α,β-unsaturated/α-hetero) is 1. The predicted octanol–water partition coefficient (Wildman–Crippen LogP) is 4.22. The Balaban J connectivity index is 1.44. The van der Waals surface area contributed by atoms with Crippen molar-refractivity contribution in [1.29, 1.82) is 0 Å². The zero-order chi connectivity index (χ0) is 27.7. The van der Waals surface area contributed by atoms with E-state index in [1.54, 1.807) is 12.1 Å². The van der Waals surface area contributed by atoms with Gasteiger partial charge in [-0.25, -0.2) is 19.6 Å². The molecule has 0 bridgehead atoms. The van der Waals surface area contributed by atoms with Crippen LogP contribution < -0.4 is 5.73 Å². The third-order valence-corrected chi connectivity index (χ3v) is 6.86. The van der Waals surface area contributed by atoms with Gasteiger partial charge in [0.15, 0.2) is 11.4 Å². The molecule has 4 heterocycles. The molecule has 3 aromatic heterocycles. The summed E-state index contributed by atoms with van der Waals surface area (Å²) >= 11 is 0. The van der Waals surface area contributed by atoms with Gasteiger partial charge in [0.05, 0.1) is 11.4 Å². The number of alkyl halides is 3. The molecule has 1 aliphatic rings. The zero-order valence-corrected chi connectivity index (χ0v) is 21.5. The van der Waals surface area contributed by atoms with Crippen molar-refractivity contribution < 1.29 is 18.0 Å². The topological polar surface area (TPSA) is 103 Å². The van der Waals surface area contributed by atoms with E-state index in [1.165, 1.54) is 18.5 Å². The van der Waals surface area contributed by atoms with E-state index in [0.29, 0.717) is 33.7 Å². The Morgan fingerprint density at radius 1 is 1.13 bits per heavy atom. The Morgan fingerprint density at radius 3 is 2.64 bits per heavy atom. The number of ketones is 1.